The van der Waals surface area contributed by atoms with Gasteiger partial charge in [0.15, 0.2) is 11.5 Å². The van der Waals surface area contributed by atoms with Gasteiger partial charge in [-0.05, 0) is 17.7 Å². The van der Waals surface area contributed by atoms with Crippen molar-refractivity contribution in [3.05, 3.63) is 22.2 Å². The first kappa shape index (κ1) is 11.3. The fourth-order valence-corrected chi connectivity index (χ4v) is 1.69. The van der Waals surface area contributed by atoms with Crippen molar-refractivity contribution in [3.8, 4) is 11.5 Å². The van der Waals surface area contributed by atoms with Gasteiger partial charge in [-0.15, -0.1) is 0 Å². The summed E-state index contributed by atoms with van der Waals surface area (Å²) in [5.41, 5.74) is 5.86. The minimum absolute atomic E-state index is 0.0156. The van der Waals surface area contributed by atoms with Crippen LogP contribution in [0.1, 0.15) is 11.7 Å². The van der Waals surface area contributed by atoms with Crippen LogP contribution in [0.5, 0.6) is 11.5 Å². The summed E-state index contributed by atoms with van der Waals surface area (Å²) < 4.78 is 5.56. The number of hydrogen-bond acceptors (Lipinski definition) is 4. The normalized spacial score (nSPS) is 12.6. The van der Waals surface area contributed by atoms with E-state index in [0.29, 0.717) is 15.8 Å². The van der Waals surface area contributed by atoms with Gasteiger partial charge in [-0.1, -0.05) is 15.9 Å². The second-order valence-electron chi connectivity index (χ2n) is 2.80. The highest BCUT2D eigenvalue weighted by Crippen LogP contribution is 2.34. The molecule has 0 heterocycles. The van der Waals surface area contributed by atoms with Crippen LogP contribution in [0.2, 0.25) is 0 Å². The SMILES string of the molecule is COc1cc(Br)c(C(O)CN)cc1O. The average Bonchev–Trinajstić information content (AvgIpc) is 2.19. The lowest BCUT2D eigenvalue weighted by molar-refractivity contribution is 0.185. The Hall–Kier alpha value is -0.780. The predicted molar refractivity (Wildman–Crippen MR) is 56.4 cm³/mol. The van der Waals surface area contributed by atoms with E-state index in [1.165, 1.54) is 13.2 Å². The van der Waals surface area contributed by atoms with Crippen molar-refractivity contribution in [2.24, 2.45) is 5.73 Å². The zero-order valence-electron chi connectivity index (χ0n) is 7.70. The Morgan fingerprint density at radius 3 is 2.71 bits per heavy atom. The molecule has 78 valence electrons. The van der Waals surface area contributed by atoms with Crippen LogP contribution < -0.4 is 10.5 Å². The summed E-state index contributed by atoms with van der Waals surface area (Å²) in [5, 5.41) is 19.0. The first-order chi connectivity index (χ1) is 6.60. The van der Waals surface area contributed by atoms with Crippen LogP contribution in [0.25, 0.3) is 0 Å². The number of rotatable bonds is 3. The number of phenolic OH excluding ortho intramolecular Hbond substituents is 1. The van der Waals surface area contributed by atoms with E-state index in [2.05, 4.69) is 15.9 Å². The molecule has 5 heteroatoms. The highest BCUT2D eigenvalue weighted by molar-refractivity contribution is 9.10. The van der Waals surface area contributed by atoms with E-state index in [4.69, 9.17) is 10.5 Å². The maximum atomic E-state index is 9.49. The second kappa shape index (κ2) is 4.63. The first-order valence-electron chi connectivity index (χ1n) is 4.04. The summed E-state index contributed by atoms with van der Waals surface area (Å²) >= 11 is 3.26. The van der Waals surface area contributed by atoms with E-state index in [9.17, 15) is 10.2 Å². The van der Waals surface area contributed by atoms with Crippen molar-refractivity contribution in [2.45, 2.75) is 6.10 Å². The van der Waals surface area contributed by atoms with Crippen molar-refractivity contribution >= 4 is 15.9 Å². The van der Waals surface area contributed by atoms with Gasteiger partial charge in [-0.25, -0.2) is 0 Å². The van der Waals surface area contributed by atoms with Crippen molar-refractivity contribution in [1.29, 1.82) is 0 Å². The molecule has 0 aliphatic rings. The molecule has 4 N–H and O–H groups in total. The molecule has 0 aliphatic heterocycles. The quantitative estimate of drug-likeness (QED) is 0.763. The van der Waals surface area contributed by atoms with Crippen LogP contribution in [0.15, 0.2) is 16.6 Å². The van der Waals surface area contributed by atoms with E-state index in [-0.39, 0.29) is 12.3 Å². The van der Waals surface area contributed by atoms with Crippen LogP contribution in [-0.2, 0) is 0 Å². The lowest BCUT2D eigenvalue weighted by Gasteiger charge is -2.12. The van der Waals surface area contributed by atoms with Crippen LogP contribution in [0.3, 0.4) is 0 Å². The number of nitrogens with two attached hydrogens (primary N) is 1. The van der Waals surface area contributed by atoms with E-state index < -0.39 is 6.10 Å². The number of benzene rings is 1. The number of aliphatic hydroxyl groups excluding tert-OH is 1. The molecule has 0 fully saturated rings. The molecule has 1 aromatic carbocycles. The van der Waals surface area contributed by atoms with E-state index in [1.807, 2.05) is 0 Å². The van der Waals surface area contributed by atoms with Crippen LogP contribution in [0, 0.1) is 0 Å². The number of aromatic hydroxyl groups is 1. The number of halogens is 1. The number of ether oxygens (including phenoxy) is 1. The van der Waals surface area contributed by atoms with Gasteiger partial charge in [-0.2, -0.15) is 0 Å². The molecule has 14 heavy (non-hydrogen) atoms. The molecule has 1 aromatic rings. The maximum absolute atomic E-state index is 9.49. The minimum atomic E-state index is -0.791. The third kappa shape index (κ3) is 2.17. The molecule has 0 saturated heterocycles. The first-order valence-corrected chi connectivity index (χ1v) is 4.84. The number of methoxy groups -OCH3 is 1. The zero-order chi connectivity index (χ0) is 10.7. The van der Waals surface area contributed by atoms with Crippen LogP contribution >= 0.6 is 15.9 Å². The fourth-order valence-electron chi connectivity index (χ4n) is 1.11. The maximum Gasteiger partial charge on any atom is 0.161 e. The van der Waals surface area contributed by atoms with Crippen molar-refractivity contribution < 1.29 is 14.9 Å². The molecule has 1 atom stereocenters. The second-order valence-corrected chi connectivity index (χ2v) is 3.65. The minimum Gasteiger partial charge on any atom is -0.504 e. The standard InChI is InChI=1S/C9H12BrNO3/c1-14-9-3-6(10)5(2-7(9)12)8(13)4-11/h2-3,8,12-13H,4,11H2,1H3. The summed E-state index contributed by atoms with van der Waals surface area (Å²) in [7, 11) is 1.46. The molecule has 0 aliphatic carbocycles. The Kier molecular flexibility index (Phi) is 3.74. The van der Waals surface area contributed by atoms with Gasteiger partial charge >= 0.3 is 0 Å². The molecule has 0 amide bonds. The Bertz CT molecular complexity index is 330. The largest absolute Gasteiger partial charge is 0.504 e. The van der Waals surface area contributed by atoms with Crippen LogP contribution in [-0.4, -0.2) is 23.9 Å². The molecular weight excluding hydrogens is 250 g/mol. The van der Waals surface area contributed by atoms with E-state index in [1.54, 1.807) is 6.07 Å². The van der Waals surface area contributed by atoms with Gasteiger partial charge in [0.05, 0.1) is 13.2 Å². The van der Waals surface area contributed by atoms with Gasteiger partial charge in [0.25, 0.3) is 0 Å². The highest BCUT2D eigenvalue weighted by Gasteiger charge is 2.13. The summed E-state index contributed by atoms with van der Waals surface area (Å²) in [4.78, 5) is 0. The zero-order valence-corrected chi connectivity index (χ0v) is 9.28. The molecular formula is C9H12BrNO3. The van der Waals surface area contributed by atoms with Gasteiger partial charge < -0.3 is 20.7 Å². The molecule has 0 bridgehead atoms. The Balaban J connectivity index is 3.14. The van der Waals surface area contributed by atoms with Crippen molar-refractivity contribution in [3.63, 3.8) is 0 Å². The van der Waals surface area contributed by atoms with E-state index in [0.717, 1.165) is 0 Å². The highest BCUT2D eigenvalue weighted by atomic mass is 79.9. The molecule has 0 aromatic heterocycles. The number of hydrogen-bond donors (Lipinski definition) is 3. The van der Waals surface area contributed by atoms with Crippen molar-refractivity contribution in [1.82, 2.24) is 0 Å². The number of phenols is 1. The van der Waals surface area contributed by atoms with Crippen molar-refractivity contribution in [2.75, 3.05) is 13.7 Å². The summed E-state index contributed by atoms with van der Waals surface area (Å²) in [6, 6.07) is 3.02. The summed E-state index contributed by atoms with van der Waals surface area (Å²) in [6.45, 7) is 0.102. The smallest absolute Gasteiger partial charge is 0.161 e. The molecule has 0 radical (unpaired) electrons. The summed E-state index contributed by atoms with van der Waals surface area (Å²) in [5.74, 6) is 0.336. The Morgan fingerprint density at radius 1 is 1.57 bits per heavy atom. The van der Waals surface area contributed by atoms with Gasteiger partial charge in [-0.3, -0.25) is 0 Å². The third-order valence-electron chi connectivity index (χ3n) is 1.88. The summed E-state index contributed by atoms with van der Waals surface area (Å²) in [6.07, 6.45) is -0.791. The Morgan fingerprint density at radius 2 is 2.21 bits per heavy atom. The molecule has 1 rings (SSSR count). The predicted octanol–water partition coefficient (Wildman–Crippen LogP) is 1.16. The number of aliphatic hydroxyl groups is 1. The lowest BCUT2D eigenvalue weighted by atomic mass is 10.1. The van der Waals surface area contributed by atoms with Crippen LogP contribution in [0.4, 0.5) is 0 Å². The monoisotopic (exact) mass is 261 g/mol. The fraction of sp³-hybridized carbons (Fsp3) is 0.333. The molecule has 0 spiro atoms. The molecule has 4 nitrogen and oxygen atoms in total. The molecule has 0 saturated carbocycles. The van der Waals surface area contributed by atoms with Gasteiger partial charge in [0.1, 0.15) is 0 Å². The third-order valence-corrected chi connectivity index (χ3v) is 2.57. The lowest BCUT2D eigenvalue weighted by Crippen LogP contribution is -2.12. The molecule has 1 unspecified atom stereocenters. The Labute approximate surface area is 90.4 Å². The average molecular weight is 262 g/mol. The topological polar surface area (TPSA) is 75.7 Å². The van der Waals surface area contributed by atoms with Gasteiger partial charge in [0.2, 0.25) is 0 Å². The van der Waals surface area contributed by atoms with Gasteiger partial charge in [0, 0.05) is 11.0 Å². The van der Waals surface area contributed by atoms with E-state index >= 15 is 0 Å².